The quantitative estimate of drug-likeness (QED) is 0.727. The lowest BCUT2D eigenvalue weighted by Gasteiger charge is -2.22. The first-order valence-electron chi connectivity index (χ1n) is 5.26. The van der Waals surface area contributed by atoms with Crippen LogP contribution in [0.25, 0.3) is 6.08 Å². The molecule has 0 aromatic heterocycles. The first-order chi connectivity index (χ1) is 7.96. The molecule has 0 aliphatic rings. The van der Waals surface area contributed by atoms with E-state index in [0.717, 1.165) is 5.56 Å². The third kappa shape index (κ3) is 4.01. The highest BCUT2D eigenvalue weighted by atomic mass is 16.5. The molecule has 3 heteroatoms. The predicted octanol–water partition coefficient (Wildman–Crippen LogP) is 3.29. The van der Waals surface area contributed by atoms with E-state index in [-0.39, 0.29) is 11.2 Å². The van der Waals surface area contributed by atoms with Crippen molar-refractivity contribution in [3.63, 3.8) is 0 Å². The van der Waals surface area contributed by atoms with Crippen molar-refractivity contribution in [2.24, 2.45) is 0 Å². The Balaban J connectivity index is 3.15. The summed E-state index contributed by atoms with van der Waals surface area (Å²) in [5, 5.41) is 17.5. The zero-order valence-electron chi connectivity index (χ0n) is 10.2. The summed E-state index contributed by atoms with van der Waals surface area (Å²) in [6.07, 6.45) is 1.53. The summed E-state index contributed by atoms with van der Waals surface area (Å²) in [5.41, 5.74) is 0.485. The van der Waals surface area contributed by atoms with E-state index < -0.39 is 0 Å². The highest BCUT2D eigenvalue weighted by Gasteiger charge is 2.13. The molecule has 0 heterocycles. The van der Waals surface area contributed by atoms with Crippen LogP contribution in [-0.4, -0.2) is 5.60 Å². The van der Waals surface area contributed by atoms with Gasteiger partial charge in [0.05, 0.1) is 0 Å². The highest BCUT2D eigenvalue weighted by Crippen LogP contribution is 2.24. The van der Waals surface area contributed by atoms with Crippen LogP contribution in [0.15, 0.2) is 29.8 Å². The number of nitrogens with zero attached hydrogens (tertiary/aromatic N) is 2. The van der Waals surface area contributed by atoms with Crippen molar-refractivity contribution in [2.45, 2.75) is 26.4 Å². The van der Waals surface area contributed by atoms with Gasteiger partial charge in [-0.25, -0.2) is 0 Å². The average Bonchev–Trinajstić information content (AvgIpc) is 2.26. The Morgan fingerprint density at radius 1 is 1.18 bits per heavy atom. The maximum atomic E-state index is 8.73. The van der Waals surface area contributed by atoms with Crippen molar-refractivity contribution >= 4 is 6.08 Å². The molecule has 0 aliphatic heterocycles. The Morgan fingerprint density at radius 2 is 1.76 bits per heavy atom. The summed E-state index contributed by atoms with van der Waals surface area (Å²) in [4.78, 5) is 0. The van der Waals surface area contributed by atoms with Crippen molar-refractivity contribution in [3.05, 3.63) is 35.4 Å². The maximum Gasteiger partial charge on any atom is 0.130 e. The topological polar surface area (TPSA) is 56.8 Å². The van der Waals surface area contributed by atoms with Gasteiger partial charge >= 0.3 is 0 Å². The van der Waals surface area contributed by atoms with Gasteiger partial charge in [-0.2, -0.15) is 10.5 Å². The summed E-state index contributed by atoms with van der Waals surface area (Å²) in [7, 11) is 0. The van der Waals surface area contributed by atoms with Crippen molar-refractivity contribution in [1.82, 2.24) is 0 Å². The van der Waals surface area contributed by atoms with Crippen LogP contribution >= 0.6 is 0 Å². The Kier molecular flexibility index (Phi) is 3.91. The van der Waals surface area contributed by atoms with Crippen LogP contribution in [0.3, 0.4) is 0 Å². The van der Waals surface area contributed by atoms with Gasteiger partial charge in [-0.3, -0.25) is 0 Å². The van der Waals surface area contributed by atoms with E-state index in [4.69, 9.17) is 15.3 Å². The van der Waals surface area contributed by atoms with Gasteiger partial charge in [0.1, 0.15) is 29.1 Å². The van der Waals surface area contributed by atoms with Gasteiger partial charge in [-0.1, -0.05) is 18.2 Å². The van der Waals surface area contributed by atoms with Crippen LogP contribution < -0.4 is 4.74 Å². The van der Waals surface area contributed by atoms with Crippen LogP contribution in [-0.2, 0) is 0 Å². The molecule has 0 fully saturated rings. The molecule has 0 bridgehead atoms. The molecule has 0 saturated heterocycles. The molecule has 0 N–H and O–H groups in total. The molecule has 1 aromatic carbocycles. The molecule has 0 atom stereocenters. The molecule has 0 spiro atoms. The number of allylic oxidation sites excluding steroid dienone is 1. The minimum Gasteiger partial charge on any atom is -0.488 e. The zero-order chi connectivity index (χ0) is 12.9. The van der Waals surface area contributed by atoms with E-state index in [2.05, 4.69) is 0 Å². The lowest BCUT2D eigenvalue weighted by Crippen LogP contribution is -2.23. The highest BCUT2D eigenvalue weighted by molar-refractivity contribution is 5.66. The number of nitriles is 2. The molecule has 3 nitrogen and oxygen atoms in total. The fourth-order valence-electron chi connectivity index (χ4n) is 1.27. The number of ether oxygens (including phenoxy) is 1. The van der Waals surface area contributed by atoms with Gasteiger partial charge in [-0.05, 0) is 32.9 Å². The van der Waals surface area contributed by atoms with Crippen LogP contribution in [0.5, 0.6) is 5.75 Å². The molecule has 0 saturated carbocycles. The van der Waals surface area contributed by atoms with Crippen molar-refractivity contribution in [2.75, 3.05) is 0 Å². The third-order valence-electron chi connectivity index (χ3n) is 1.88. The summed E-state index contributed by atoms with van der Waals surface area (Å²) in [6.45, 7) is 5.84. The Morgan fingerprint density at radius 3 is 2.29 bits per heavy atom. The van der Waals surface area contributed by atoms with E-state index in [1.54, 1.807) is 0 Å². The third-order valence-corrected chi connectivity index (χ3v) is 1.88. The second kappa shape index (κ2) is 5.18. The summed E-state index contributed by atoms with van der Waals surface area (Å²) < 4.78 is 5.76. The second-order valence-electron chi connectivity index (χ2n) is 4.53. The molecule has 0 aliphatic carbocycles. The first-order valence-corrected chi connectivity index (χ1v) is 5.26. The second-order valence-corrected chi connectivity index (χ2v) is 4.53. The molecular formula is C14H14N2O. The van der Waals surface area contributed by atoms with Crippen LogP contribution in [0.1, 0.15) is 26.3 Å². The minimum absolute atomic E-state index is 0.0648. The van der Waals surface area contributed by atoms with E-state index in [9.17, 15) is 0 Å². The fraction of sp³-hybridized carbons (Fsp3) is 0.286. The van der Waals surface area contributed by atoms with Gasteiger partial charge < -0.3 is 4.74 Å². The predicted molar refractivity (Wildman–Crippen MR) is 66.0 cm³/mol. The SMILES string of the molecule is CC(C)(C)Oc1ccccc1C=C(C#N)C#N. The minimum atomic E-state index is -0.316. The summed E-state index contributed by atoms with van der Waals surface area (Å²) in [6, 6.07) is 11.0. The molecule has 0 amide bonds. The Bertz CT molecular complexity index is 494. The van der Waals surface area contributed by atoms with E-state index in [1.807, 2.05) is 57.2 Å². The summed E-state index contributed by atoms with van der Waals surface area (Å²) in [5.74, 6) is 0.669. The number of hydrogen-bond donors (Lipinski definition) is 0. The van der Waals surface area contributed by atoms with Crippen LogP contribution in [0.4, 0.5) is 0 Å². The lowest BCUT2D eigenvalue weighted by atomic mass is 10.1. The number of benzene rings is 1. The Hall–Kier alpha value is -2.26. The fourth-order valence-corrected chi connectivity index (χ4v) is 1.27. The monoisotopic (exact) mass is 226 g/mol. The molecule has 17 heavy (non-hydrogen) atoms. The Labute approximate surface area is 102 Å². The summed E-state index contributed by atoms with van der Waals surface area (Å²) >= 11 is 0. The van der Waals surface area contributed by atoms with Crippen molar-refractivity contribution < 1.29 is 4.74 Å². The van der Waals surface area contributed by atoms with Crippen molar-refractivity contribution in [1.29, 1.82) is 10.5 Å². The number of rotatable bonds is 2. The van der Waals surface area contributed by atoms with Crippen molar-refractivity contribution in [3.8, 4) is 17.9 Å². The largest absolute Gasteiger partial charge is 0.488 e. The van der Waals surface area contributed by atoms with Gasteiger partial charge in [0.25, 0.3) is 0 Å². The molecular weight excluding hydrogens is 212 g/mol. The van der Waals surface area contributed by atoms with Gasteiger partial charge in [-0.15, -0.1) is 0 Å². The van der Waals surface area contributed by atoms with Gasteiger partial charge in [0.15, 0.2) is 0 Å². The number of hydrogen-bond acceptors (Lipinski definition) is 3. The first kappa shape index (κ1) is 12.8. The van der Waals surface area contributed by atoms with Gasteiger partial charge in [0.2, 0.25) is 0 Å². The van der Waals surface area contributed by atoms with Gasteiger partial charge in [0, 0.05) is 5.56 Å². The van der Waals surface area contributed by atoms with E-state index in [0.29, 0.717) is 5.75 Å². The van der Waals surface area contributed by atoms with E-state index in [1.165, 1.54) is 6.08 Å². The average molecular weight is 226 g/mol. The normalized spacial score (nSPS) is 9.94. The standard InChI is InChI=1S/C14H14N2O/c1-14(2,3)17-13-7-5-4-6-12(13)8-11(9-15)10-16/h4-8H,1-3H3. The molecule has 0 radical (unpaired) electrons. The number of para-hydroxylation sites is 1. The smallest absolute Gasteiger partial charge is 0.130 e. The van der Waals surface area contributed by atoms with Crippen LogP contribution in [0.2, 0.25) is 0 Å². The molecule has 0 unspecified atom stereocenters. The lowest BCUT2D eigenvalue weighted by molar-refractivity contribution is 0.130. The van der Waals surface area contributed by atoms with Crippen LogP contribution in [0, 0.1) is 22.7 Å². The zero-order valence-corrected chi connectivity index (χ0v) is 10.2. The maximum absolute atomic E-state index is 8.73. The molecule has 86 valence electrons. The molecule has 1 aromatic rings. The molecule has 1 rings (SSSR count). The van der Waals surface area contributed by atoms with E-state index >= 15 is 0 Å².